The summed E-state index contributed by atoms with van der Waals surface area (Å²) in [7, 11) is -1.60. The van der Waals surface area contributed by atoms with E-state index in [0.717, 1.165) is 0 Å². The van der Waals surface area contributed by atoms with Gasteiger partial charge in [0, 0.05) is 13.7 Å². The number of hydrogen-bond donors (Lipinski definition) is 1. The minimum atomic E-state index is -3.14. The van der Waals surface area contributed by atoms with E-state index in [-0.39, 0.29) is 11.2 Å². The molecule has 0 spiro atoms. The van der Waals surface area contributed by atoms with Gasteiger partial charge in [-0.25, -0.2) is 13.1 Å². The highest BCUT2D eigenvalue weighted by atomic mass is 32.2. The van der Waals surface area contributed by atoms with Crippen LogP contribution in [0.25, 0.3) is 0 Å². The number of hydrogen-bond acceptors (Lipinski definition) is 3. The van der Waals surface area contributed by atoms with Crippen LogP contribution in [0.2, 0.25) is 0 Å². The van der Waals surface area contributed by atoms with Gasteiger partial charge in [0.05, 0.1) is 12.4 Å². The van der Waals surface area contributed by atoms with Gasteiger partial charge >= 0.3 is 0 Å². The van der Waals surface area contributed by atoms with Gasteiger partial charge in [-0.15, -0.1) is 0 Å². The summed E-state index contributed by atoms with van der Waals surface area (Å²) in [5, 5.41) is 0. The standard InChI is InChI=1S/C8H19NO3S/c1-8(2,3)7-13(10,11)9-5-6-12-4/h9H,5-7H2,1-4H3. The second kappa shape index (κ2) is 4.93. The first-order chi connectivity index (χ1) is 5.77. The largest absolute Gasteiger partial charge is 0.383 e. The average Bonchev–Trinajstić information content (AvgIpc) is 1.81. The van der Waals surface area contributed by atoms with Crippen LogP contribution in [0.5, 0.6) is 0 Å². The van der Waals surface area contributed by atoms with E-state index >= 15 is 0 Å². The molecule has 0 aromatic carbocycles. The van der Waals surface area contributed by atoms with E-state index in [0.29, 0.717) is 13.2 Å². The highest BCUT2D eigenvalue weighted by Gasteiger charge is 2.20. The zero-order chi connectivity index (χ0) is 10.5. The normalized spacial score (nSPS) is 13.2. The van der Waals surface area contributed by atoms with Gasteiger partial charge < -0.3 is 4.74 Å². The highest BCUT2D eigenvalue weighted by Crippen LogP contribution is 2.14. The lowest BCUT2D eigenvalue weighted by Crippen LogP contribution is -2.34. The van der Waals surface area contributed by atoms with E-state index < -0.39 is 10.0 Å². The van der Waals surface area contributed by atoms with Gasteiger partial charge in [0.2, 0.25) is 10.0 Å². The fourth-order valence-electron chi connectivity index (χ4n) is 0.920. The Balaban J connectivity index is 3.96. The fraction of sp³-hybridized carbons (Fsp3) is 1.00. The van der Waals surface area contributed by atoms with E-state index in [1.807, 2.05) is 20.8 Å². The molecule has 0 aromatic rings. The van der Waals surface area contributed by atoms with Crippen molar-refractivity contribution in [2.24, 2.45) is 5.41 Å². The van der Waals surface area contributed by atoms with Gasteiger partial charge in [-0.1, -0.05) is 20.8 Å². The summed E-state index contributed by atoms with van der Waals surface area (Å²) in [6.07, 6.45) is 0. The van der Waals surface area contributed by atoms with Gasteiger partial charge in [0.1, 0.15) is 0 Å². The minimum absolute atomic E-state index is 0.143. The summed E-state index contributed by atoms with van der Waals surface area (Å²) >= 11 is 0. The van der Waals surface area contributed by atoms with Crippen molar-refractivity contribution in [1.82, 2.24) is 4.72 Å². The minimum Gasteiger partial charge on any atom is -0.383 e. The lowest BCUT2D eigenvalue weighted by Gasteiger charge is -2.18. The summed E-state index contributed by atoms with van der Waals surface area (Å²) in [6, 6.07) is 0. The van der Waals surface area contributed by atoms with Crippen LogP contribution >= 0.6 is 0 Å². The van der Waals surface area contributed by atoms with Crippen molar-refractivity contribution in [1.29, 1.82) is 0 Å². The van der Waals surface area contributed by atoms with Crippen molar-refractivity contribution in [3.05, 3.63) is 0 Å². The predicted octanol–water partition coefficient (Wildman–Crippen LogP) is 0.598. The highest BCUT2D eigenvalue weighted by molar-refractivity contribution is 7.89. The molecule has 0 bridgehead atoms. The van der Waals surface area contributed by atoms with Crippen LogP contribution in [-0.4, -0.2) is 34.4 Å². The molecule has 0 radical (unpaired) electrons. The summed E-state index contributed by atoms with van der Waals surface area (Å²) < 4.78 is 29.9. The van der Waals surface area contributed by atoms with Crippen LogP contribution in [-0.2, 0) is 14.8 Å². The Morgan fingerprint density at radius 2 is 1.85 bits per heavy atom. The first-order valence-corrected chi connectivity index (χ1v) is 5.88. The molecular weight excluding hydrogens is 190 g/mol. The quantitative estimate of drug-likeness (QED) is 0.675. The lowest BCUT2D eigenvalue weighted by atomic mass is 10.0. The number of methoxy groups -OCH3 is 1. The van der Waals surface area contributed by atoms with Crippen LogP contribution in [0.1, 0.15) is 20.8 Å². The van der Waals surface area contributed by atoms with Crippen LogP contribution < -0.4 is 4.72 Å². The van der Waals surface area contributed by atoms with E-state index in [2.05, 4.69) is 4.72 Å². The molecule has 0 aliphatic rings. The van der Waals surface area contributed by atoms with Gasteiger partial charge in [-0.05, 0) is 5.41 Å². The SMILES string of the molecule is COCCNS(=O)(=O)CC(C)(C)C. The number of ether oxygens (including phenoxy) is 1. The Labute approximate surface area is 80.7 Å². The first kappa shape index (κ1) is 12.9. The van der Waals surface area contributed by atoms with E-state index in [1.54, 1.807) is 0 Å². The molecule has 0 atom stereocenters. The molecule has 5 heteroatoms. The molecule has 80 valence electrons. The Kier molecular flexibility index (Phi) is 4.88. The molecule has 0 saturated carbocycles. The van der Waals surface area contributed by atoms with E-state index in [9.17, 15) is 8.42 Å². The zero-order valence-electron chi connectivity index (χ0n) is 8.75. The molecule has 0 fully saturated rings. The topological polar surface area (TPSA) is 55.4 Å². The molecule has 0 heterocycles. The Morgan fingerprint density at radius 1 is 1.31 bits per heavy atom. The maximum atomic E-state index is 11.4. The van der Waals surface area contributed by atoms with Crippen molar-refractivity contribution < 1.29 is 13.2 Å². The molecule has 0 saturated heterocycles. The zero-order valence-corrected chi connectivity index (χ0v) is 9.57. The van der Waals surface area contributed by atoms with Crippen molar-refractivity contribution in [2.45, 2.75) is 20.8 Å². The second-order valence-corrected chi connectivity index (χ2v) is 6.01. The van der Waals surface area contributed by atoms with Gasteiger partial charge in [-0.3, -0.25) is 0 Å². The first-order valence-electron chi connectivity index (χ1n) is 4.23. The maximum absolute atomic E-state index is 11.4. The molecule has 4 nitrogen and oxygen atoms in total. The molecule has 0 amide bonds. The molecule has 13 heavy (non-hydrogen) atoms. The van der Waals surface area contributed by atoms with Crippen molar-refractivity contribution >= 4 is 10.0 Å². The van der Waals surface area contributed by atoms with Crippen LogP contribution in [0.3, 0.4) is 0 Å². The summed E-state index contributed by atoms with van der Waals surface area (Å²) in [5.41, 5.74) is -0.209. The Bertz CT molecular complexity index is 228. The summed E-state index contributed by atoms with van der Waals surface area (Å²) in [6.45, 7) is 6.42. The van der Waals surface area contributed by atoms with Crippen molar-refractivity contribution in [2.75, 3.05) is 26.0 Å². The van der Waals surface area contributed by atoms with Gasteiger partial charge in [0.25, 0.3) is 0 Å². The van der Waals surface area contributed by atoms with Crippen molar-refractivity contribution in [3.63, 3.8) is 0 Å². The second-order valence-electron chi connectivity index (χ2n) is 4.21. The summed E-state index contributed by atoms with van der Waals surface area (Å²) in [4.78, 5) is 0. The Hall–Kier alpha value is -0.130. The molecule has 0 aliphatic heterocycles. The van der Waals surface area contributed by atoms with Gasteiger partial charge in [-0.2, -0.15) is 0 Å². The predicted molar refractivity (Wildman–Crippen MR) is 53.1 cm³/mol. The van der Waals surface area contributed by atoms with E-state index in [4.69, 9.17) is 4.74 Å². The molecule has 0 aromatic heterocycles. The van der Waals surface area contributed by atoms with Crippen LogP contribution in [0, 0.1) is 5.41 Å². The van der Waals surface area contributed by atoms with Crippen LogP contribution in [0.4, 0.5) is 0 Å². The summed E-state index contributed by atoms with van der Waals surface area (Å²) in [5.74, 6) is 0.143. The lowest BCUT2D eigenvalue weighted by molar-refractivity contribution is 0.204. The molecule has 0 aliphatic carbocycles. The smallest absolute Gasteiger partial charge is 0.212 e. The maximum Gasteiger partial charge on any atom is 0.212 e. The van der Waals surface area contributed by atoms with Gasteiger partial charge in [0.15, 0.2) is 0 Å². The van der Waals surface area contributed by atoms with E-state index in [1.165, 1.54) is 7.11 Å². The monoisotopic (exact) mass is 209 g/mol. The Morgan fingerprint density at radius 3 is 2.23 bits per heavy atom. The fourth-order valence-corrected chi connectivity index (χ4v) is 2.56. The third-order valence-electron chi connectivity index (χ3n) is 1.25. The average molecular weight is 209 g/mol. The molecular formula is C8H19NO3S. The molecule has 0 rings (SSSR count). The number of rotatable bonds is 5. The molecule has 1 N–H and O–H groups in total. The third-order valence-corrected chi connectivity index (χ3v) is 3.14. The van der Waals surface area contributed by atoms with Crippen LogP contribution in [0.15, 0.2) is 0 Å². The molecule has 0 unspecified atom stereocenters. The third kappa shape index (κ3) is 8.21. The number of sulfonamides is 1. The number of nitrogens with one attached hydrogen (secondary N) is 1. The van der Waals surface area contributed by atoms with Crippen molar-refractivity contribution in [3.8, 4) is 0 Å².